The number of alkyl halides is 6. The van der Waals surface area contributed by atoms with Crippen molar-refractivity contribution >= 4 is 24.0 Å². The van der Waals surface area contributed by atoms with Crippen molar-refractivity contribution in [2.24, 2.45) is 11.8 Å². The van der Waals surface area contributed by atoms with Crippen LogP contribution in [0, 0.1) is 11.8 Å². The normalized spacial score (nSPS) is 20.6. The van der Waals surface area contributed by atoms with Crippen molar-refractivity contribution < 1.29 is 45.5 Å². The lowest BCUT2D eigenvalue weighted by Gasteiger charge is -2.08. The summed E-state index contributed by atoms with van der Waals surface area (Å²) in [7, 11) is 0. The molecule has 0 N–H and O–H groups in total. The molecule has 2 aromatic rings. The van der Waals surface area contributed by atoms with Gasteiger partial charge in [0.25, 0.3) is 0 Å². The van der Waals surface area contributed by atoms with Crippen LogP contribution in [-0.4, -0.2) is 29.4 Å². The zero-order valence-electron chi connectivity index (χ0n) is 18.6. The maximum absolute atomic E-state index is 12.4. The largest absolute Gasteiger partial charge is 0.465 e. The highest BCUT2D eigenvalue weighted by Crippen LogP contribution is 2.58. The first-order valence-electron chi connectivity index (χ1n) is 10.8. The Morgan fingerprint density at radius 1 is 0.944 bits per heavy atom. The molecule has 11 heteroatoms. The van der Waals surface area contributed by atoms with E-state index < -0.39 is 23.5 Å². The molecule has 2 aliphatic rings. The summed E-state index contributed by atoms with van der Waals surface area (Å²) < 4.78 is 78.8. The van der Waals surface area contributed by atoms with Crippen LogP contribution < -0.4 is 0 Å². The number of esters is 1. The van der Waals surface area contributed by atoms with E-state index in [0.29, 0.717) is 18.6 Å². The molecule has 1 saturated carbocycles. The van der Waals surface area contributed by atoms with E-state index in [1.54, 1.807) is 12.2 Å². The minimum atomic E-state index is -4.34. The highest BCUT2D eigenvalue weighted by Gasteiger charge is 2.61. The zero-order chi connectivity index (χ0) is 26.5. The second-order valence-electron chi connectivity index (χ2n) is 8.24. The molecular weight excluding hydrogens is 490 g/mol. The maximum Gasteiger partial charge on any atom is 0.416 e. The van der Waals surface area contributed by atoms with E-state index in [0.717, 1.165) is 36.0 Å². The molecule has 2 fully saturated rings. The Balaban J connectivity index is 0.000000201. The summed E-state index contributed by atoms with van der Waals surface area (Å²) in [5.74, 6) is -0.455. The van der Waals surface area contributed by atoms with Crippen LogP contribution in [0.15, 0.2) is 54.6 Å². The van der Waals surface area contributed by atoms with E-state index in [2.05, 4.69) is 4.79 Å². The number of halogens is 6. The van der Waals surface area contributed by atoms with E-state index in [-0.39, 0.29) is 35.9 Å². The van der Waals surface area contributed by atoms with E-state index in [9.17, 15) is 35.9 Å². The first-order chi connectivity index (χ1) is 16.9. The summed E-state index contributed by atoms with van der Waals surface area (Å²) >= 11 is 0. The van der Waals surface area contributed by atoms with Crippen LogP contribution in [0.1, 0.15) is 41.0 Å². The Morgan fingerprint density at radius 2 is 1.50 bits per heavy atom. The second-order valence-corrected chi connectivity index (χ2v) is 8.24. The molecule has 1 saturated heterocycles. The molecule has 3 atom stereocenters. The monoisotopic (exact) mass is 510 g/mol. The number of Topliss-reactive ketones (excluding diaryl/α,β-unsaturated/α-hetero) is 1. The average molecular weight is 510 g/mol. The molecule has 1 heterocycles. The summed E-state index contributed by atoms with van der Waals surface area (Å²) in [6.45, 7) is 0.398. The lowest BCUT2D eigenvalue weighted by atomic mass is 10.1. The summed E-state index contributed by atoms with van der Waals surface area (Å²) in [5, 5.41) is 0. The van der Waals surface area contributed by atoms with Gasteiger partial charge < -0.3 is 10.3 Å². The predicted molar refractivity (Wildman–Crippen MR) is 117 cm³/mol. The fourth-order valence-corrected chi connectivity index (χ4v) is 3.88. The Morgan fingerprint density at radius 3 is 1.97 bits per heavy atom. The Hall–Kier alpha value is -3.72. The number of fused-ring (bicyclic) bond motifs is 1. The number of ketones is 1. The van der Waals surface area contributed by atoms with Gasteiger partial charge in [0, 0.05) is 18.3 Å². The summed E-state index contributed by atoms with van der Waals surface area (Å²) in [4.78, 5) is 24.8. The minimum absolute atomic E-state index is 0.0542. The standard InChI is InChI=1S/C13H11F3N2O.C12H9F3O2/c14-13(15,16)11-7-5-10(6-8-11)3-1-2-4-12(19)9-18-17;13-12(14,15)7-3-1-6(2-4-7)9-8-5-17-11(16)10(8)9/h1,3,5-9H,2,4H2;1-4,8-10H,5H2/b3-1+;. The number of allylic oxidation sites excluding steroid dienone is 1. The van der Waals surface area contributed by atoms with Gasteiger partial charge in [-0.15, -0.1) is 0 Å². The molecular formula is C25H20F6N2O3. The molecule has 1 aliphatic carbocycles. The van der Waals surface area contributed by atoms with Gasteiger partial charge in [-0.2, -0.15) is 31.1 Å². The van der Waals surface area contributed by atoms with Gasteiger partial charge in [-0.3, -0.25) is 9.59 Å². The molecule has 0 radical (unpaired) electrons. The van der Waals surface area contributed by atoms with Gasteiger partial charge in [-0.05, 0) is 41.8 Å². The molecule has 5 nitrogen and oxygen atoms in total. The number of rotatable bonds is 6. The van der Waals surface area contributed by atoms with Crippen LogP contribution in [0.5, 0.6) is 0 Å². The fourth-order valence-electron chi connectivity index (χ4n) is 3.88. The summed E-state index contributed by atoms with van der Waals surface area (Å²) in [6.07, 6.45) is -3.93. The van der Waals surface area contributed by atoms with E-state index in [4.69, 9.17) is 10.3 Å². The molecule has 0 bridgehead atoms. The highest BCUT2D eigenvalue weighted by molar-refractivity contribution is 6.25. The third kappa shape index (κ3) is 6.91. The number of carbonyl (C=O) groups is 2. The summed E-state index contributed by atoms with van der Waals surface area (Å²) in [5.41, 5.74) is 8.17. The van der Waals surface area contributed by atoms with E-state index >= 15 is 0 Å². The van der Waals surface area contributed by atoms with E-state index in [1.165, 1.54) is 24.3 Å². The van der Waals surface area contributed by atoms with Crippen LogP contribution >= 0.6 is 0 Å². The van der Waals surface area contributed by atoms with Crippen molar-refractivity contribution in [3.8, 4) is 0 Å². The number of ether oxygens (including phenoxy) is 1. The van der Waals surface area contributed by atoms with Crippen molar-refractivity contribution in [3.63, 3.8) is 0 Å². The second kappa shape index (κ2) is 10.9. The Kier molecular flexibility index (Phi) is 8.14. The van der Waals surface area contributed by atoms with Crippen LogP contribution in [0.2, 0.25) is 0 Å². The van der Waals surface area contributed by atoms with Gasteiger partial charge in [-0.1, -0.05) is 36.4 Å². The first kappa shape index (κ1) is 26.9. The van der Waals surface area contributed by atoms with Crippen molar-refractivity contribution in [1.82, 2.24) is 0 Å². The van der Waals surface area contributed by atoms with Gasteiger partial charge in [0.2, 0.25) is 5.78 Å². The fraction of sp³-hybridized carbons (Fsp3) is 0.320. The number of benzene rings is 2. The quantitative estimate of drug-likeness (QED) is 0.158. The number of hydrogen-bond acceptors (Lipinski definition) is 3. The predicted octanol–water partition coefficient (Wildman–Crippen LogP) is 5.96. The van der Waals surface area contributed by atoms with Crippen molar-refractivity contribution in [1.29, 1.82) is 0 Å². The lowest BCUT2D eigenvalue weighted by molar-refractivity contribution is -0.141. The SMILES string of the molecule is O=C1OCC2C1C2c1ccc(C(F)(F)F)cc1.[N-]=[N+]=CC(=O)CC/C=C/c1ccc(C(F)(F)F)cc1. The molecule has 4 rings (SSSR count). The third-order valence-corrected chi connectivity index (χ3v) is 5.79. The number of carbonyl (C=O) groups excluding carboxylic acids is 2. The Bertz CT molecular complexity index is 1160. The minimum Gasteiger partial charge on any atom is -0.465 e. The van der Waals surface area contributed by atoms with E-state index in [1.807, 2.05) is 0 Å². The topological polar surface area (TPSA) is 79.8 Å². The van der Waals surface area contributed by atoms with Gasteiger partial charge in [0.1, 0.15) is 0 Å². The number of nitrogens with zero attached hydrogens (tertiary/aromatic N) is 2. The van der Waals surface area contributed by atoms with Gasteiger partial charge in [0.05, 0.1) is 23.7 Å². The molecule has 1 aliphatic heterocycles. The molecule has 36 heavy (non-hydrogen) atoms. The highest BCUT2D eigenvalue weighted by atomic mass is 19.4. The van der Waals surface area contributed by atoms with Crippen LogP contribution in [0.3, 0.4) is 0 Å². The Labute approximate surface area is 202 Å². The average Bonchev–Trinajstić information content (AvgIpc) is 3.43. The van der Waals surface area contributed by atoms with Crippen molar-refractivity contribution in [2.75, 3.05) is 6.61 Å². The molecule has 0 aromatic heterocycles. The molecule has 0 amide bonds. The smallest absolute Gasteiger partial charge is 0.416 e. The van der Waals surface area contributed by atoms with Gasteiger partial charge in [-0.25, -0.2) is 0 Å². The molecule has 3 unspecified atom stereocenters. The zero-order valence-corrected chi connectivity index (χ0v) is 18.6. The van der Waals surface area contributed by atoms with Crippen molar-refractivity contribution in [3.05, 3.63) is 82.4 Å². The molecule has 0 spiro atoms. The number of cyclic esters (lactones) is 1. The first-order valence-corrected chi connectivity index (χ1v) is 10.8. The van der Waals surface area contributed by atoms with Gasteiger partial charge in [0.15, 0.2) is 0 Å². The maximum atomic E-state index is 12.4. The molecule has 2 aromatic carbocycles. The third-order valence-electron chi connectivity index (χ3n) is 5.79. The lowest BCUT2D eigenvalue weighted by Crippen LogP contribution is -2.06. The van der Waals surface area contributed by atoms with Gasteiger partial charge >= 0.3 is 24.5 Å². The van der Waals surface area contributed by atoms with Crippen molar-refractivity contribution in [2.45, 2.75) is 31.1 Å². The van der Waals surface area contributed by atoms with Crippen LogP contribution in [0.25, 0.3) is 11.6 Å². The summed E-state index contributed by atoms with van der Waals surface area (Å²) in [6, 6.07) is 9.76. The van der Waals surface area contributed by atoms with Crippen LogP contribution in [-0.2, 0) is 26.7 Å². The van der Waals surface area contributed by atoms with Crippen LogP contribution in [0.4, 0.5) is 26.3 Å². The molecule has 190 valence electrons. The number of hydrogen-bond donors (Lipinski definition) is 0.